The first kappa shape index (κ1) is 57.3. The maximum absolute atomic E-state index is 15.1. The number of rotatable bonds is 7. The van der Waals surface area contributed by atoms with E-state index >= 15 is 26.3 Å². The Labute approximate surface area is 533 Å². The Bertz CT molecular complexity index is 5490. The quantitative estimate of drug-likeness (QED) is 0.149. The van der Waals surface area contributed by atoms with Crippen LogP contribution in [-0.4, -0.2) is 34.1 Å². The van der Waals surface area contributed by atoms with E-state index in [0.717, 1.165) is 134 Å². The van der Waals surface area contributed by atoms with Gasteiger partial charge in [0.2, 0.25) is 0 Å². The Morgan fingerprint density at radius 1 is 0.309 bits per heavy atom. The molecular weight excluding hydrogens is 1180 g/mol. The minimum absolute atomic E-state index is 0.0513. The van der Waals surface area contributed by atoms with E-state index in [1.165, 1.54) is 0 Å². The fourth-order valence-electron chi connectivity index (χ4n) is 12.9. The first-order valence-electron chi connectivity index (χ1n) is 30.7. The van der Waals surface area contributed by atoms with E-state index in [1.807, 2.05) is 240 Å². The maximum Gasteiger partial charge on any atom is 0.416 e. The molecule has 0 saturated heterocycles. The minimum Gasteiger partial charge on any atom is -0.294 e. The van der Waals surface area contributed by atoms with Crippen LogP contribution in [0.5, 0.6) is 0 Å². The van der Waals surface area contributed by atoms with Crippen molar-refractivity contribution in [3.05, 3.63) is 328 Å². The second-order valence-corrected chi connectivity index (χ2v) is 23.5. The summed E-state index contributed by atoms with van der Waals surface area (Å²) in [6.45, 7) is 0. The largest absolute Gasteiger partial charge is 0.416 e. The SMILES string of the molecule is FC(F)(F)c1cc(-c2cc(-n3c4cc(-c5ccc(-c6ccccc6)nc5)ccc4c4ccc(-c5ccc(-c6ccccc6)nc5)cc43)nc(-n3c4cc(=c5ccc(=C6C=CC=CC6)nc5)ccc4c4ccc(=c5ccc(=C6C=CC=CC6)nc5)cc43)c2)cc(C(F)(F)F)c1. The van der Waals surface area contributed by atoms with Gasteiger partial charge in [-0.15, -0.1) is 0 Å². The van der Waals surface area contributed by atoms with E-state index in [4.69, 9.17) is 24.9 Å². The molecule has 2 aliphatic carbocycles. The standard InChI is InChI=1S/C81H51F6N7/c82-80(83,84)64-37-62(38-65(45-64)81(85,86)87)63-43-78(93-74-39-54(58-25-33-70(88-46-58)50-13-5-1-6-14-50)21-29-66(74)67-30-22-55(40-75(67)93)59-26-34-71(89-47-59)51-15-7-2-8-16-51)92-79(44-63)94-76-41-56(60-27-35-72(90-48-60)52-17-9-3-10-18-52)23-31-68(76)69-32-24-57(42-77(69)94)61-28-36-73(91-49-61)53-19-11-4-12-20-53/h1-17,19,21-49H,18,20H2. The van der Waals surface area contributed by atoms with Gasteiger partial charge in [-0.1, -0.05) is 182 Å². The van der Waals surface area contributed by atoms with Crippen LogP contribution >= 0.6 is 0 Å². The van der Waals surface area contributed by atoms with Gasteiger partial charge in [0, 0.05) is 79.0 Å². The van der Waals surface area contributed by atoms with Gasteiger partial charge in [-0.25, -0.2) is 4.98 Å². The second kappa shape index (κ2) is 23.1. The summed E-state index contributed by atoms with van der Waals surface area (Å²) >= 11 is 0. The van der Waals surface area contributed by atoms with Gasteiger partial charge in [-0.3, -0.25) is 29.1 Å². The van der Waals surface area contributed by atoms with Crippen molar-refractivity contribution in [3.8, 4) is 67.5 Å². The van der Waals surface area contributed by atoms with Crippen LogP contribution in [0.2, 0.25) is 0 Å². The highest BCUT2D eigenvalue weighted by Gasteiger charge is 2.37. The second-order valence-electron chi connectivity index (χ2n) is 23.5. The lowest BCUT2D eigenvalue weighted by molar-refractivity contribution is -0.143. The fraction of sp³-hybridized carbons (Fsp3) is 0.0494. The minimum atomic E-state index is -5.14. The van der Waals surface area contributed by atoms with Crippen molar-refractivity contribution < 1.29 is 26.3 Å². The van der Waals surface area contributed by atoms with E-state index in [-0.39, 0.29) is 28.8 Å². The third-order valence-electron chi connectivity index (χ3n) is 17.7. The number of fused-ring (bicyclic) bond motifs is 6. The summed E-state index contributed by atoms with van der Waals surface area (Å²) in [5, 5.41) is 8.24. The number of aromatic nitrogens is 7. The topological polar surface area (TPSA) is 74.3 Å². The predicted octanol–water partition coefficient (Wildman–Crippen LogP) is 19.1. The Morgan fingerprint density at radius 2 is 0.713 bits per heavy atom. The number of alkyl halides is 6. The monoisotopic (exact) mass is 1240 g/mol. The molecule has 13 heteroatoms. The molecule has 7 aromatic heterocycles. The number of pyridine rings is 5. The molecule has 0 unspecified atom stereocenters. The van der Waals surface area contributed by atoms with Crippen molar-refractivity contribution in [1.29, 1.82) is 0 Å². The van der Waals surface area contributed by atoms with Crippen LogP contribution in [-0.2, 0) is 12.4 Å². The fourth-order valence-corrected chi connectivity index (χ4v) is 12.9. The van der Waals surface area contributed by atoms with E-state index in [9.17, 15) is 0 Å². The lowest BCUT2D eigenvalue weighted by Crippen LogP contribution is -2.11. The van der Waals surface area contributed by atoms with Crippen LogP contribution in [0, 0.1) is 20.9 Å². The van der Waals surface area contributed by atoms with Gasteiger partial charge in [0.1, 0.15) is 11.6 Å². The molecule has 2 aliphatic rings. The lowest BCUT2D eigenvalue weighted by Gasteiger charge is -2.17. The van der Waals surface area contributed by atoms with Crippen molar-refractivity contribution in [2.45, 2.75) is 25.2 Å². The van der Waals surface area contributed by atoms with Crippen LogP contribution in [0.15, 0.2) is 286 Å². The average Bonchev–Trinajstić information content (AvgIpc) is 1.55. The number of allylic oxidation sites excluding steroid dienone is 8. The summed E-state index contributed by atoms with van der Waals surface area (Å²) in [5.41, 5.74) is 8.39. The summed E-state index contributed by atoms with van der Waals surface area (Å²) in [5.74, 6) is 0.443. The van der Waals surface area contributed by atoms with Gasteiger partial charge in [-0.05, 0) is 136 Å². The summed E-state index contributed by atoms with van der Waals surface area (Å²) in [4.78, 5) is 25.2. The molecule has 0 aliphatic heterocycles. The molecule has 7 heterocycles. The Hall–Kier alpha value is -11.8. The summed E-state index contributed by atoms with van der Waals surface area (Å²) in [6.07, 6.45) is 14.8. The molecule has 94 heavy (non-hydrogen) atoms. The van der Waals surface area contributed by atoms with Gasteiger partial charge >= 0.3 is 12.4 Å². The van der Waals surface area contributed by atoms with Gasteiger partial charge in [0.25, 0.3) is 0 Å². The zero-order valence-electron chi connectivity index (χ0n) is 49.9. The Balaban J connectivity index is 0.995. The van der Waals surface area contributed by atoms with Crippen molar-refractivity contribution in [2.24, 2.45) is 0 Å². The number of hydrogen-bond donors (Lipinski definition) is 0. The molecule has 0 bridgehead atoms. The van der Waals surface area contributed by atoms with Crippen molar-refractivity contribution >= 4 is 54.8 Å². The first-order chi connectivity index (χ1) is 45.8. The molecule has 0 fully saturated rings. The van der Waals surface area contributed by atoms with E-state index < -0.39 is 23.5 Å². The Morgan fingerprint density at radius 3 is 1.10 bits per heavy atom. The van der Waals surface area contributed by atoms with Crippen molar-refractivity contribution in [3.63, 3.8) is 0 Å². The van der Waals surface area contributed by atoms with Gasteiger partial charge in [0.05, 0.1) is 55.3 Å². The van der Waals surface area contributed by atoms with Crippen molar-refractivity contribution in [1.82, 2.24) is 34.1 Å². The third kappa shape index (κ3) is 10.8. The van der Waals surface area contributed by atoms with Crippen LogP contribution in [0.3, 0.4) is 0 Å². The molecule has 14 aromatic rings. The number of halogens is 6. The lowest BCUT2D eigenvalue weighted by atomic mass is 9.99. The molecule has 452 valence electrons. The highest BCUT2D eigenvalue weighted by atomic mass is 19.4. The normalized spacial score (nSPS) is 15.3. The van der Waals surface area contributed by atoms with E-state index in [2.05, 4.69) is 24.3 Å². The molecule has 0 N–H and O–H groups in total. The highest BCUT2D eigenvalue weighted by Crippen LogP contribution is 2.43. The molecule has 7 aromatic carbocycles. The molecule has 0 saturated carbocycles. The highest BCUT2D eigenvalue weighted by molar-refractivity contribution is 6.12. The molecule has 0 atom stereocenters. The van der Waals surface area contributed by atoms with Crippen LogP contribution < -0.4 is 10.7 Å². The molecule has 0 amide bonds. The Kier molecular flexibility index (Phi) is 14.1. The molecular formula is C81H51F6N7. The number of benzene rings is 7. The summed E-state index contributed by atoms with van der Waals surface area (Å²) in [7, 11) is 0. The maximum atomic E-state index is 15.1. The smallest absolute Gasteiger partial charge is 0.294 e. The predicted molar refractivity (Wildman–Crippen MR) is 361 cm³/mol. The first-order valence-corrected chi connectivity index (χ1v) is 30.7. The van der Waals surface area contributed by atoms with Crippen molar-refractivity contribution in [2.75, 3.05) is 0 Å². The van der Waals surface area contributed by atoms with E-state index in [0.29, 0.717) is 22.1 Å². The molecule has 0 spiro atoms. The zero-order valence-corrected chi connectivity index (χ0v) is 49.9. The zero-order chi connectivity index (χ0) is 63.7. The van der Waals surface area contributed by atoms with Crippen LogP contribution in [0.1, 0.15) is 24.0 Å². The molecule has 0 radical (unpaired) electrons. The van der Waals surface area contributed by atoms with Gasteiger partial charge < -0.3 is 0 Å². The average molecular weight is 1240 g/mol. The van der Waals surface area contributed by atoms with Gasteiger partial charge in [0.15, 0.2) is 0 Å². The van der Waals surface area contributed by atoms with Crippen LogP contribution in [0.25, 0.3) is 122 Å². The van der Waals surface area contributed by atoms with E-state index in [1.54, 1.807) is 12.1 Å². The summed E-state index contributed by atoms with van der Waals surface area (Å²) < 4.78 is 94.5. The van der Waals surface area contributed by atoms with Crippen LogP contribution in [0.4, 0.5) is 26.3 Å². The number of hydrogen-bond acceptors (Lipinski definition) is 5. The third-order valence-corrected chi connectivity index (χ3v) is 17.7. The van der Waals surface area contributed by atoms with Gasteiger partial charge in [-0.2, -0.15) is 26.3 Å². The molecule has 7 nitrogen and oxygen atoms in total. The summed E-state index contributed by atoms with van der Waals surface area (Å²) in [6, 6.07) is 65.0. The number of nitrogens with zero attached hydrogens (tertiary/aromatic N) is 7. The molecule has 16 rings (SSSR count).